The van der Waals surface area contributed by atoms with Crippen molar-refractivity contribution in [2.75, 3.05) is 22.7 Å². The van der Waals surface area contributed by atoms with Crippen LogP contribution in [0.3, 0.4) is 0 Å². The number of nitrogens with zero attached hydrogens (tertiary/aromatic N) is 2. The molecule has 0 fully saturated rings. The van der Waals surface area contributed by atoms with Crippen molar-refractivity contribution >= 4 is 46.5 Å². The van der Waals surface area contributed by atoms with E-state index in [-0.39, 0.29) is 6.98 Å². The summed E-state index contributed by atoms with van der Waals surface area (Å²) in [5.41, 5.74) is 12.5. The molecule has 2 aliphatic heterocycles. The summed E-state index contributed by atoms with van der Waals surface area (Å²) in [5, 5.41) is 4.38. The maximum atomic E-state index is 2.77. The van der Waals surface area contributed by atoms with Crippen LogP contribution in [0.25, 0.3) is 43.1 Å². The second kappa shape index (κ2) is 12.8. The van der Waals surface area contributed by atoms with E-state index in [0.29, 0.717) is 0 Å². The van der Waals surface area contributed by atoms with Crippen LogP contribution in [0.5, 0.6) is 0 Å². The first-order valence-corrected chi connectivity index (χ1v) is 18.1. The standard InChI is InChI=1S/C38H41BN2S2/c1-3-5-7-9-22-40-34-20-18-28(36-16-12-24-42-36)26-32(34)30-14-11-15-31-33-27-29(37-17-13-25-43-37)19-21-35(33)41(39(40)38(30)31)23-10-8-6-4-2/h11-21,24-27H,3-10,22-23H2,1-2H3. The van der Waals surface area contributed by atoms with Gasteiger partial charge in [0.15, 0.2) is 0 Å². The van der Waals surface area contributed by atoms with Crippen molar-refractivity contribution in [2.45, 2.75) is 65.2 Å². The number of thiophene rings is 2. The van der Waals surface area contributed by atoms with E-state index >= 15 is 0 Å². The first-order chi connectivity index (χ1) is 21.3. The predicted molar refractivity (Wildman–Crippen MR) is 192 cm³/mol. The van der Waals surface area contributed by atoms with Gasteiger partial charge in [-0.25, -0.2) is 0 Å². The molecule has 0 spiro atoms. The van der Waals surface area contributed by atoms with E-state index in [0.717, 1.165) is 13.1 Å². The van der Waals surface area contributed by atoms with Crippen molar-refractivity contribution in [3.05, 3.63) is 89.6 Å². The van der Waals surface area contributed by atoms with E-state index in [9.17, 15) is 0 Å². The van der Waals surface area contributed by atoms with Crippen LogP contribution in [0.2, 0.25) is 0 Å². The zero-order valence-corrected chi connectivity index (χ0v) is 27.2. The van der Waals surface area contributed by atoms with Crippen LogP contribution in [-0.2, 0) is 0 Å². The molecule has 2 aromatic heterocycles. The van der Waals surface area contributed by atoms with Gasteiger partial charge in [0.2, 0.25) is 0 Å². The Morgan fingerprint density at radius 2 is 1.05 bits per heavy atom. The van der Waals surface area contributed by atoms with Gasteiger partial charge in [-0.2, -0.15) is 0 Å². The van der Waals surface area contributed by atoms with Gasteiger partial charge in [0.05, 0.1) is 0 Å². The molecule has 0 unspecified atom stereocenters. The Bertz CT molecular complexity index is 1550. The van der Waals surface area contributed by atoms with Gasteiger partial charge in [0.25, 0.3) is 0 Å². The lowest BCUT2D eigenvalue weighted by molar-refractivity contribution is 0.664. The Morgan fingerprint density at radius 3 is 1.49 bits per heavy atom. The molecule has 0 amide bonds. The Morgan fingerprint density at radius 1 is 0.535 bits per heavy atom. The van der Waals surface area contributed by atoms with E-state index in [4.69, 9.17) is 0 Å². The Labute approximate surface area is 266 Å². The van der Waals surface area contributed by atoms with Gasteiger partial charge in [-0.15, -0.1) is 22.7 Å². The molecule has 0 radical (unpaired) electrons. The van der Waals surface area contributed by atoms with Gasteiger partial charge in [-0.1, -0.05) is 94.8 Å². The minimum Gasteiger partial charge on any atom is -0.391 e. The van der Waals surface area contributed by atoms with E-state index in [1.54, 1.807) is 0 Å². The number of fused-ring (bicyclic) bond motifs is 4. The highest BCUT2D eigenvalue weighted by molar-refractivity contribution is 7.13. The molecule has 43 heavy (non-hydrogen) atoms. The summed E-state index contributed by atoms with van der Waals surface area (Å²) in [6.45, 7) is 7.00. The lowest BCUT2D eigenvalue weighted by Crippen LogP contribution is -2.65. The molecular formula is C38H41BN2S2. The summed E-state index contributed by atoms with van der Waals surface area (Å²) in [6.07, 6.45) is 10.2. The second-order valence-electron chi connectivity index (χ2n) is 12.1. The fourth-order valence-corrected chi connectivity index (χ4v) is 8.60. The minimum absolute atomic E-state index is 0.217. The normalized spacial score (nSPS) is 13.2. The Hall–Kier alpha value is -3.28. The van der Waals surface area contributed by atoms with Crippen molar-refractivity contribution in [1.82, 2.24) is 0 Å². The number of hydrogen-bond acceptors (Lipinski definition) is 4. The van der Waals surface area contributed by atoms with Gasteiger partial charge in [-0.05, 0) is 87.7 Å². The highest BCUT2D eigenvalue weighted by atomic mass is 32.1. The second-order valence-corrected chi connectivity index (χ2v) is 14.0. The van der Waals surface area contributed by atoms with Crippen LogP contribution in [0, 0.1) is 0 Å². The molecule has 0 saturated heterocycles. The topological polar surface area (TPSA) is 6.48 Å². The molecule has 0 saturated carbocycles. The van der Waals surface area contributed by atoms with E-state index in [2.05, 4.69) is 113 Å². The summed E-state index contributed by atoms with van der Waals surface area (Å²) < 4.78 is 0. The smallest absolute Gasteiger partial charge is 0.391 e. The molecule has 0 bridgehead atoms. The quantitative estimate of drug-likeness (QED) is 0.104. The first kappa shape index (κ1) is 28.5. The maximum absolute atomic E-state index is 2.77. The summed E-state index contributed by atoms with van der Waals surface area (Å²) in [6, 6.07) is 30.4. The van der Waals surface area contributed by atoms with Crippen LogP contribution < -0.4 is 15.1 Å². The third-order valence-corrected chi connectivity index (χ3v) is 11.1. The van der Waals surface area contributed by atoms with Gasteiger partial charge in [0, 0.05) is 45.3 Å². The van der Waals surface area contributed by atoms with Crippen molar-refractivity contribution in [3.63, 3.8) is 0 Å². The Kier molecular flexibility index (Phi) is 8.45. The third kappa shape index (κ3) is 5.36. The van der Waals surface area contributed by atoms with Crippen molar-refractivity contribution < 1.29 is 0 Å². The molecule has 0 aliphatic carbocycles. The number of benzene rings is 3. The maximum Gasteiger partial charge on any atom is 0.412 e. The van der Waals surface area contributed by atoms with E-state index in [1.807, 2.05) is 22.7 Å². The summed E-state index contributed by atoms with van der Waals surface area (Å²) >= 11 is 3.66. The summed E-state index contributed by atoms with van der Waals surface area (Å²) in [5.74, 6) is 0. The molecule has 7 rings (SSSR count). The van der Waals surface area contributed by atoms with Crippen molar-refractivity contribution in [2.24, 2.45) is 0 Å². The number of anilines is 2. The van der Waals surface area contributed by atoms with E-state index in [1.165, 1.54) is 111 Å². The number of hydrogen-bond donors (Lipinski definition) is 0. The molecular weight excluding hydrogens is 559 g/mol. The highest BCUT2D eigenvalue weighted by Crippen LogP contribution is 2.47. The average molecular weight is 601 g/mol. The molecule has 0 atom stereocenters. The van der Waals surface area contributed by atoms with E-state index < -0.39 is 0 Å². The number of rotatable bonds is 12. The van der Waals surface area contributed by atoms with Gasteiger partial charge < -0.3 is 9.62 Å². The van der Waals surface area contributed by atoms with Gasteiger partial charge >= 0.3 is 6.98 Å². The van der Waals surface area contributed by atoms with Crippen LogP contribution >= 0.6 is 22.7 Å². The fraction of sp³-hybridized carbons (Fsp3) is 0.316. The monoisotopic (exact) mass is 600 g/mol. The zero-order chi connectivity index (χ0) is 29.2. The van der Waals surface area contributed by atoms with Crippen molar-refractivity contribution in [1.29, 1.82) is 0 Å². The average Bonchev–Trinajstić information content (AvgIpc) is 3.79. The minimum atomic E-state index is 0.217. The number of unbranched alkanes of at least 4 members (excludes halogenated alkanes) is 6. The first-order valence-electron chi connectivity index (χ1n) is 16.3. The molecule has 5 aromatic rings. The van der Waals surface area contributed by atoms with Gasteiger partial charge in [-0.3, -0.25) is 0 Å². The molecule has 2 aliphatic rings. The molecule has 218 valence electrons. The SMILES string of the molecule is CCCCCCN1B2c3c(cccc3-c3cc(-c4cccs4)ccc3N2CCCCCC)-c2cc(-c3cccs3)ccc21. The summed E-state index contributed by atoms with van der Waals surface area (Å²) in [7, 11) is 0. The predicted octanol–water partition coefficient (Wildman–Crippen LogP) is 11.0. The van der Waals surface area contributed by atoms with Crippen LogP contribution in [0.4, 0.5) is 11.4 Å². The lowest BCUT2D eigenvalue weighted by Gasteiger charge is -2.48. The molecule has 3 aromatic carbocycles. The summed E-state index contributed by atoms with van der Waals surface area (Å²) in [4.78, 5) is 8.22. The lowest BCUT2D eigenvalue weighted by atomic mass is 9.53. The highest BCUT2D eigenvalue weighted by Gasteiger charge is 2.45. The van der Waals surface area contributed by atoms with Crippen molar-refractivity contribution in [3.8, 4) is 43.1 Å². The zero-order valence-electron chi connectivity index (χ0n) is 25.5. The molecule has 4 heterocycles. The van der Waals surface area contributed by atoms with Gasteiger partial charge in [0.1, 0.15) is 0 Å². The van der Waals surface area contributed by atoms with Crippen LogP contribution in [0.15, 0.2) is 89.6 Å². The molecule has 0 N–H and O–H groups in total. The van der Waals surface area contributed by atoms with Crippen LogP contribution in [-0.4, -0.2) is 20.1 Å². The fourth-order valence-electron chi connectivity index (χ4n) is 7.16. The molecule has 2 nitrogen and oxygen atoms in total. The van der Waals surface area contributed by atoms with Crippen LogP contribution in [0.1, 0.15) is 65.2 Å². The Balaban J connectivity index is 1.41. The molecule has 5 heteroatoms. The third-order valence-electron chi connectivity index (χ3n) is 9.26. The largest absolute Gasteiger partial charge is 0.412 e.